The molecule has 1 unspecified atom stereocenters. The van der Waals surface area contributed by atoms with Crippen molar-refractivity contribution in [2.45, 2.75) is 6.54 Å². The van der Waals surface area contributed by atoms with Crippen LogP contribution in [0.25, 0.3) is 0 Å². The van der Waals surface area contributed by atoms with Crippen molar-refractivity contribution in [1.29, 1.82) is 0 Å². The van der Waals surface area contributed by atoms with Crippen LogP contribution in [0.15, 0.2) is 84.9 Å². The van der Waals surface area contributed by atoms with Gasteiger partial charge in [-0.15, -0.1) is 0 Å². The summed E-state index contributed by atoms with van der Waals surface area (Å²) in [6.45, 7) is 2.47. The van der Waals surface area contributed by atoms with Crippen molar-refractivity contribution >= 4 is 11.6 Å². The van der Waals surface area contributed by atoms with Crippen LogP contribution in [0.2, 0.25) is 0 Å². The number of ether oxygens (including phenoxy) is 1. The van der Waals surface area contributed by atoms with Crippen LogP contribution in [0.5, 0.6) is 5.75 Å². The molecule has 27 heavy (non-hydrogen) atoms. The van der Waals surface area contributed by atoms with Gasteiger partial charge in [-0.05, 0) is 36.4 Å². The molecule has 3 aromatic rings. The molecule has 0 bridgehead atoms. The molecule has 3 rings (SSSR count). The summed E-state index contributed by atoms with van der Waals surface area (Å²) in [7, 11) is 2.14. The largest absolute Gasteiger partial charge is 0.488 e. The predicted octanol–water partition coefficient (Wildman–Crippen LogP) is 3.03. The van der Waals surface area contributed by atoms with Crippen molar-refractivity contribution in [3.63, 3.8) is 0 Å². The standard InChI is InChI=1S/C23H24N2O2/c1-25(16-17-27-22-10-6-3-7-11-22)18-19-12-14-20(15-13-19)23(26)24-21-8-4-2-5-9-21/h2-15H,16-18H2,1H3,(H,24,26)/p+1. The molecule has 0 aliphatic carbocycles. The summed E-state index contributed by atoms with van der Waals surface area (Å²) in [6.07, 6.45) is 0. The number of likely N-dealkylation sites (N-methyl/N-ethyl adjacent to an activating group) is 1. The number of hydrogen-bond acceptors (Lipinski definition) is 2. The third-order valence-electron chi connectivity index (χ3n) is 4.29. The SMILES string of the molecule is C[NH+](CCOc1ccccc1)Cc1ccc(C(=O)Nc2ccccc2)cc1. The number of benzene rings is 3. The van der Waals surface area contributed by atoms with E-state index in [4.69, 9.17) is 4.74 Å². The molecule has 0 fully saturated rings. The first-order chi connectivity index (χ1) is 13.2. The van der Waals surface area contributed by atoms with E-state index < -0.39 is 0 Å². The van der Waals surface area contributed by atoms with E-state index in [1.165, 1.54) is 10.5 Å². The van der Waals surface area contributed by atoms with Crippen molar-refractivity contribution in [1.82, 2.24) is 0 Å². The van der Waals surface area contributed by atoms with Crippen molar-refractivity contribution < 1.29 is 14.4 Å². The van der Waals surface area contributed by atoms with Crippen LogP contribution >= 0.6 is 0 Å². The second-order valence-electron chi connectivity index (χ2n) is 6.56. The first-order valence-corrected chi connectivity index (χ1v) is 9.15. The second kappa shape index (κ2) is 9.55. The molecular weight excluding hydrogens is 336 g/mol. The minimum absolute atomic E-state index is 0.0929. The molecule has 1 amide bonds. The normalized spacial score (nSPS) is 11.6. The van der Waals surface area contributed by atoms with E-state index in [0.29, 0.717) is 12.2 Å². The number of amides is 1. The molecule has 0 heterocycles. The van der Waals surface area contributed by atoms with Gasteiger partial charge in [0.2, 0.25) is 0 Å². The van der Waals surface area contributed by atoms with Crippen LogP contribution in [-0.4, -0.2) is 26.1 Å². The number of carbonyl (C=O) groups is 1. The zero-order valence-electron chi connectivity index (χ0n) is 15.5. The van der Waals surface area contributed by atoms with E-state index in [1.54, 1.807) is 0 Å². The van der Waals surface area contributed by atoms with Gasteiger partial charge in [-0.2, -0.15) is 0 Å². The van der Waals surface area contributed by atoms with E-state index in [2.05, 4.69) is 12.4 Å². The number of carbonyl (C=O) groups excluding carboxylic acids is 1. The Morgan fingerprint density at radius 3 is 2.19 bits per heavy atom. The van der Waals surface area contributed by atoms with Crippen LogP contribution in [0.4, 0.5) is 5.69 Å². The topological polar surface area (TPSA) is 42.8 Å². The fraction of sp³-hybridized carbons (Fsp3) is 0.174. The molecule has 138 valence electrons. The maximum atomic E-state index is 12.3. The number of hydrogen-bond donors (Lipinski definition) is 2. The Hall–Kier alpha value is -3.11. The summed E-state index contributed by atoms with van der Waals surface area (Å²) >= 11 is 0. The van der Waals surface area contributed by atoms with E-state index in [-0.39, 0.29) is 5.91 Å². The maximum absolute atomic E-state index is 12.3. The third-order valence-corrected chi connectivity index (χ3v) is 4.29. The van der Waals surface area contributed by atoms with Gasteiger partial charge < -0.3 is 15.0 Å². The first kappa shape index (κ1) is 18.7. The molecule has 0 saturated carbocycles. The fourth-order valence-electron chi connectivity index (χ4n) is 2.80. The van der Waals surface area contributed by atoms with Gasteiger partial charge in [0.15, 0.2) is 0 Å². The molecular formula is C23H25N2O2+. The number of anilines is 1. The maximum Gasteiger partial charge on any atom is 0.255 e. The second-order valence-corrected chi connectivity index (χ2v) is 6.56. The van der Waals surface area contributed by atoms with Crippen LogP contribution < -0.4 is 15.0 Å². The highest BCUT2D eigenvalue weighted by molar-refractivity contribution is 6.04. The average molecular weight is 361 g/mol. The van der Waals surface area contributed by atoms with Crippen LogP contribution in [0.1, 0.15) is 15.9 Å². The molecule has 4 nitrogen and oxygen atoms in total. The van der Waals surface area contributed by atoms with Gasteiger partial charge in [0.25, 0.3) is 5.91 Å². The highest BCUT2D eigenvalue weighted by atomic mass is 16.5. The van der Waals surface area contributed by atoms with Gasteiger partial charge in [-0.3, -0.25) is 4.79 Å². The van der Waals surface area contributed by atoms with E-state index in [9.17, 15) is 4.79 Å². The van der Waals surface area contributed by atoms with Crippen molar-refractivity contribution in [2.75, 3.05) is 25.5 Å². The lowest BCUT2D eigenvalue weighted by atomic mass is 10.1. The zero-order chi connectivity index (χ0) is 18.9. The summed E-state index contributed by atoms with van der Waals surface area (Å²) in [4.78, 5) is 13.6. The van der Waals surface area contributed by atoms with Crippen LogP contribution in [-0.2, 0) is 6.54 Å². The van der Waals surface area contributed by atoms with E-state index in [1.807, 2.05) is 84.9 Å². The lowest BCUT2D eigenvalue weighted by Crippen LogP contribution is -3.08. The number of quaternary nitrogens is 1. The Balaban J connectivity index is 1.46. The molecule has 3 aromatic carbocycles. The quantitative estimate of drug-likeness (QED) is 0.648. The molecule has 0 aliphatic rings. The summed E-state index contributed by atoms with van der Waals surface area (Å²) < 4.78 is 5.75. The Kier molecular flexibility index (Phi) is 6.61. The Morgan fingerprint density at radius 2 is 1.52 bits per heavy atom. The molecule has 0 aromatic heterocycles. The summed E-state index contributed by atoms with van der Waals surface area (Å²) in [6, 6.07) is 27.1. The van der Waals surface area contributed by atoms with E-state index in [0.717, 1.165) is 24.5 Å². The predicted molar refractivity (Wildman–Crippen MR) is 108 cm³/mol. The third kappa shape index (κ3) is 5.97. The molecule has 0 aliphatic heterocycles. The number of nitrogens with one attached hydrogen (secondary N) is 2. The van der Waals surface area contributed by atoms with Gasteiger partial charge in [0, 0.05) is 16.8 Å². The van der Waals surface area contributed by atoms with Crippen LogP contribution in [0, 0.1) is 0 Å². The fourth-order valence-corrected chi connectivity index (χ4v) is 2.80. The van der Waals surface area contributed by atoms with Gasteiger partial charge in [0.1, 0.15) is 25.4 Å². The minimum Gasteiger partial charge on any atom is -0.488 e. The van der Waals surface area contributed by atoms with E-state index >= 15 is 0 Å². The van der Waals surface area contributed by atoms with Gasteiger partial charge in [0.05, 0.1) is 7.05 Å². The number of rotatable bonds is 8. The smallest absolute Gasteiger partial charge is 0.255 e. The molecule has 0 spiro atoms. The first-order valence-electron chi connectivity index (χ1n) is 9.15. The lowest BCUT2D eigenvalue weighted by molar-refractivity contribution is -0.893. The van der Waals surface area contributed by atoms with Crippen molar-refractivity contribution in [2.24, 2.45) is 0 Å². The lowest BCUT2D eigenvalue weighted by Gasteiger charge is -2.15. The Labute approximate surface area is 160 Å². The summed E-state index contributed by atoms with van der Waals surface area (Å²) in [5.74, 6) is 0.809. The summed E-state index contributed by atoms with van der Waals surface area (Å²) in [5, 5.41) is 2.90. The van der Waals surface area contributed by atoms with Crippen LogP contribution in [0.3, 0.4) is 0 Å². The minimum atomic E-state index is -0.0929. The Bertz CT molecular complexity index is 833. The molecule has 4 heteroatoms. The highest BCUT2D eigenvalue weighted by Crippen LogP contribution is 2.10. The molecule has 2 N–H and O–H groups in total. The molecule has 0 radical (unpaired) electrons. The van der Waals surface area contributed by atoms with Crippen molar-refractivity contribution in [3.05, 3.63) is 96.1 Å². The average Bonchev–Trinajstić information content (AvgIpc) is 2.70. The van der Waals surface area contributed by atoms with Crippen molar-refractivity contribution in [3.8, 4) is 5.75 Å². The molecule has 1 atom stereocenters. The highest BCUT2D eigenvalue weighted by Gasteiger charge is 2.08. The molecule has 0 saturated heterocycles. The Morgan fingerprint density at radius 1 is 0.889 bits per heavy atom. The monoisotopic (exact) mass is 361 g/mol. The van der Waals surface area contributed by atoms with Gasteiger partial charge >= 0.3 is 0 Å². The summed E-state index contributed by atoms with van der Waals surface area (Å²) in [5.41, 5.74) is 2.66. The van der Waals surface area contributed by atoms with Gasteiger partial charge in [-0.1, -0.05) is 48.5 Å². The number of para-hydroxylation sites is 2. The van der Waals surface area contributed by atoms with Gasteiger partial charge in [-0.25, -0.2) is 0 Å². The zero-order valence-corrected chi connectivity index (χ0v) is 15.5.